The number of hydrogen-bond acceptors (Lipinski definition) is 4. The van der Waals surface area contributed by atoms with E-state index in [-0.39, 0.29) is 30.8 Å². The van der Waals surface area contributed by atoms with Gasteiger partial charge in [0, 0.05) is 6.54 Å². The van der Waals surface area contributed by atoms with Crippen LogP contribution in [0.2, 0.25) is 0 Å². The van der Waals surface area contributed by atoms with Crippen LogP contribution < -0.4 is 10.5 Å². The first kappa shape index (κ1) is 26.7. The second-order valence-corrected chi connectivity index (χ2v) is 8.51. The second kappa shape index (κ2) is 13.9. The maximum absolute atomic E-state index is 12.9. The average molecular weight is 475 g/mol. The molecule has 0 aliphatic carbocycles. The molecule has 1 heterocycles. The molecular weight excluding hydrogens is 440 g/mol. The van der Waals surface area contributed by atoms with Crippen molar-refractivity contribution in [3.05, 3.63) is 65.7 Å². The van der Waals surface area contributed by atoms with Gasteiger partial charge in [-0.25, -0.2) is 0 Å². The number of nitrogens with zero attached hydrogens (tertiary/aromatic N) is 1. The van der Waals surface area contributed by atoms with Crippen molar-refractivity contribution in [3.63, 3.8) is 0 Å². The van der Waals surface area contributed by atoms with Gasteiger partial charge in [0.1, 0.15) is 12.4 Å². The molecule has 0 saturated carbocycles. The topological polar surface area (TPSA) is 92.9 Å². The number of aliphatic carboxylic acids is 1. The summed E-state index contributed by atoms with van der Waals surface area (Å²) in [5, 5.41) is 9.19. The Kier molecular flexibility index (Phi) is 11.2. The van der Waals surface area contributed by atoms with Gasteiger partial charge >= 0.3 is 5.97 Å². The molecule has 3 N–H and O–H groups in total. The van der Waals surface area contributed by atoms with Gasteiger partial charge in [-0.15, -0.1) is 12.4 Å². The molecule has 1 aliphatic rings. The van der Waals surface area contributed by atoms with Crippen molar-refractivity contribution < 1.29 is 19.4 Å². The average Bonchev–Trinajstić information content (AvgIpc) is 3.08. The van der Waals surface area contributed by atoms with E-state index < -0.39 is 11.9 Å². The first-order valence-corrected chi connectivity index (χ1v) is 11.5. The number of halogens is 1. The molecule has 180 valence electrons. The number of aryl methyl sites for hydroxylation is 2. The Morgan fingerprint density at radius 3 is 2.33 bits per heavy atom. The Bertz CT molecular complexity index is 860. The predicted molar refractivity (Wildman–Crippen MR) is 132 cm³/mol. The van der Waals surface area contributed by atoms with Crippen molar-refractivity contribution >= 4 is 24.3 Å². The first-order valence-electron chi connectivity index (χ1n) is 11.5. The van der Waals surface area contributed by atoms with Crippen molar-refractivity contribution in [2.75, 3.05) is 19.7 Å². The standard InChI is InChI=1S/C26H34N2O4.ClH/c27-15-5-4-9-21-11-13-24(14-12-21)32-19-23-17-22(18-25(29)30)26(31)28(23)16-6-10-20-7-2-1-3-8-20;/h1-3,7-8,11-14,22-23H,4-6,9-10,15-19,27H2,(H,29,30);1H/t22-,23-;/m0./s1. The number of ether oxygens (including phenoxy) is 1. The lowest BCUT2D eigenvalue weighted by atomic mass is 10.0. The number of carboxylic acids is 1. The molecule has 0 radical (unpaired) electrons. The minimum absolute atomic E-state index is 0. The second-order valence-electron chi connectivity index (χ2n) is 8.51. The fourth-order valence-corrected chi connectivity index (χ4v) is 4.32. The van der Waals surface area contributed by atoms with E-state index in [1.165, 1.54) is 11.1 Å². The molecule has 1 amide bonds. The molecule has 1 saturated heterocycles. The Morgan fingerprint density at radius 1 is 1.00 bits per heavy atom. The third kappa shape index (κ3) is 8.37. The lowest BCUT2D eigenvalue weighted by Gasteiger charge is -2.25. The highest BCUT2D eigenvalue weighted by Gasteiger charge is 2.40. The molecule has 33 heavy (non-hydrogen) atoms. The van der Waals surface area contributed by atoms with E-state index in [0.29, 0.717) is 26.1 Å². The summed E-state index contributed by atoms with van der Waals surface area (Å²) in [6.07, 6.45) is 5.21. The fraction of sp³-hybridized carbons (Fsp3) is 0.462. The van der Waals surface area contributed by atoms with E-state index in [0.717, 1.165) is 37.9 Å². The number of carbonyl (C=O) groups excluding carboxylic acids is 1. The normalized spacial score (nSPS) is 17.6. The van der Waals surface area contributed by atoms with Crippen LogP contribution in [0.1, 0.15) is 43.2 Å². The summed E-state index contributed by atoms with van der Waals surface area (Å²) < 4.78 is 6.01. The fourth-order valence-electron chi connectivity index (χ4n) is 4.32. The molecule has 7 heteroatoms. The van der Waals surface area contributed by atoms with Crippen LogP contribution in [0, 0.1) is 5.92 Å². The summed E-state index contributed by atoms with van der Waals surface area (Å²) in [7, 11) is 0. The number of rotatable bonds is 13. The lowest BCUT2D eigenvalue weighted by Crippen LogP contribution is -2.38. The Morgan fingerprint density at radius 2 is 1.67 bits per heavy atom. The zero-order chi connectivity index (χ0) is 22.8. The van der Waals surface area contributed by atoms with Gasteiger partial charge in [0.05, 0.1) is 18.4 Å². The molecule has 6 nitrogen and oxygen atoms in total. The molecule has 0 aromatic heterocycles. The molecule has 1 fully saturated rings. The summed E-state index contributed by atoms with van der Waals surface area (Å²) in [6.45, 7) is 1.70. The van der Waals surface area contributed by atoms with Crippen LogP contribution in [0.5, 0.6) is 5.75 Å². The largest absolute Gasteiger partial charge is 0.491 e. The summed E-state index contributed by atoms with van der Waals surface area (Å²) in [5.41, 5.74) is 8.04. The van der Waals surface area contributed by atoms with E-state index in [1.54, 1.807) is 0 Å². The molecule has 2 atom stereocenters. The van der Waals surface area contributed by atoms with E-state index in [2.05, 4.69) is 24.3 Å². The van der Waals surface area contributed by atoms with Gasteiger partial charge in [-0.05, 0) is 68.3 Å². The van der Waals surface area contributed by atoms with Crippen molar-refractivity contribution in [3.8, 4) is 5.75 Å². The SMILES string of the molecule is Cl.NCCCCc1ccc(OC[C@@H]2C[C@@H](CC(=O)O)C(=O)N2CCCc2ccccc2)cc1. The number of benzene rings is 2. The minimum atomic E-state index is -0.931. The molecular formula is C26H35ClN2O4. The molecule has 1 aliphatic heterocycles. The number of carbonyl (C=O) groups is 2. The van der Waals surface area contributed by atoms with E-state index in [1.807, 2.05) is 35.2 Å². The smallest absolute Gasteiger partial charge is 0.304 e. The van der Waals surface area contributed by atoms with Gasteiger partial charge in [0.15, 0.2) is 0 Å². The number of carboxylic acid groups (broad SMARTS) is 1. The number of unbranched alkanes of at least 4 members (excludes halogenated alkanes) is 1. The Hall–Kier alpha value is -2.57. The van der Waals surface area contributed by atoms with Crippen LogP contribution in [0.3, 0.4) is 0 Å². The van der Waals surface area contributed by atoms with E-state index >= 15 is 0 Å². The van der Waals surface area contributed by atoms with Crippen molar-refractivity contribution in [2.45, 2.75) is 51.0 Å². The van der Waals surface area contributed by atoms with Crippen LogP contribution in [0.4, 0.5) is 0 Å². The minimum Gasteiger partial charge on any atom is -0.491 e. The van der Waals surface area contributed by atoms with Gasteiger partial charge in [0.2, 0.25) is 5.91 Å². The van der Waals surface area contributed by atoms with Crippen LogP contribution in [0.25, 0.3) is 0 Å². The molecule has 0 spiro atoms. The van der Waals surface area contributed by atoms with Crippen molar-refractivity contribution in [1.82, 2.24) is 4.90 Å². The maximum atomic E-state index is 12.9. The van der Waals surface area contributed by atoms with Crippen LogP contribution >= 0.6 is 12.4 Å². The maximum Gasteiger partial charge on any atom is 0.304 e. The summed E-state index contributed by atoms with van der Waals surface area (Å²) >= 11 is 0. The quantitative estimate of drug-likeness (QED) is 0.426. The predicted octanol–water partition coefficient (Wildman–Crippen LogP) is 4.09. The first-order chi connectivity index (χ1) is 15.6. The van der Waals surface area contributed by atoms with Crippen LogP contribution in [-0.2, 0) is 22.4 Å². The monoisotopic (exact) mass is 474 g/mol. The van der Waals surface area contributed by atoms with Crippen LogP contribution in [-0.4, -0.2) is 47.6 Å². The molecule has 0 bridgehead atoms. The third-order valence-electron chi connectivity index (χ3n) is 6.04. The summed E-state index contributed by atoms with van der Waals surface area (Å²) in [5.74, 6) is -0.697. The van der Waals surface area contributed by atoms with E-state index in [9.17, 15) is 14.7 Å². The number of likely N-dealkylation sites (tertiary alicyclic amines) is 1. The van der Waals surface area contributed by atoms with Gasteiger partial charge in [-0.1, -0.05) is 42.5 Å². The Labute approximate surface area is 202 Å². The zero-order valence-electron chi connectivity index (χ0n) is 19.0. The highest BCUT2D eigenvalue weighted by atomic mass is 35.5. The van der Waals surface area contributed by atoms with Crippen molar-refractivity contribution in [2.24, 2.45) is 11.7 Å². The van der Waals surface area contributed by atoms with Gasteiger partial charge in [-0.2, -0.15) is 0 Å². The number of nitrogens with two attached hydrogens (primary N) is 1. The highest BCUT2D eigenvalue weighted by Crippen LogP contribution is 2.28. The third-order valence-corrected chi connectivity index (χ3v) is 6.04. The summed E-state index contributed by atoms with van der Waals surface area (Å²) in [6, 6.07) is 18.1. The number of amides is 1. The molecule has 2 aromatic carbocycles. The van der Waals surface area contributed by atoms with Gasteiger partial charge in [-0.3, -0.25) is 9.59 Å². The molecule has 3 rings (SSSR count). The highest BCUT2D eigenvalue weighted by molar-refractivity contribution is 5.85. The molecule has 2 aromatic rings. The summed E-state index contributed by atoms with van der Waals surface area (Å²) in [4.78, 5) is 25.9. The van der Waals surface area contributed by atoms with Gasteiger partial charge in [0.25, 0.3) is 0 Å². The zero-order valence-corrected chi connectivity index (χ0v) is 19.8. The van der Waals surface area contributed by atoms with Gasteiger partial charge < -0.3 is 20.5 Å². The number of hydrogen-bond donors (Lipinski definition) is 2. The van der Waals surface area contributed by atoms with Crippen LogP contribution in [0.15, 0.2) is 54.6 Å². The molecule has 0 unspecified atom stereocenters. The Balaban J connectivity index is 0.00000385. The van der Waals surface area contributed by atoms with Crippen molar-refractivity contribution in [1.29, 1.82) is 0 Å². The van der Waals surface area contributed by atoms with E-state index in [4.69, 9.17) is 10.5 Å². The lowest BCUT2D eigenvalue weighted by molar-refractivity contribution is -0.142.